The standard InChI is InChI=1S/2C10H13Cl.2C9H11ClO/c1-7(2)9-4-5-10(11)8(3)6-9;1-7(2)9-6-8(3)4-5-10(9)11;1-6(2)8-5-7(11)3-4-9(8)10;1-6(2)7-3-4-8(10)9(11)5-7/h2*4-7H,1-3H3;2*3-6,11H,1-2H3. The molecule has 240 valence electrons. The van der Waals surface area contributed by atoms with Gasteiger partial charge in [-0.2, -0.15) is 0 Å². The van der Waals surface area contributed by atoms with E-state index < -0.39 is 0 Å². The summed E-state index contributed by atoms with van der Waals surface area (Å²) in [5.41, 5.74) is 7.13. The molecule has 2 N–H and O–H groups in total. The van der Waals surface area contributed by atoms with Crippen LogP contribution in [0.2, 0.25) is 20.1 Å². The third-order valence-corrected chi connectivity index (χ3v) is 8.29. The smallest absolute Gasteiger partial charge is 0.134 e. The van der Waals surface area contributed by atoms with Crippen molar-refractivity contribution in [3.63, 3.8) is 0 Å². The van der Waals surface area contributed by atoms with Crippen molar-refractivity contribution in [3.05, 3.63) is 126 Å². The van der Waals surface area contributed by atoms with Crippen LogP contribution in [0.4, 0.5) is 0 Å². The summed E-state index contributed by atoms with van der Waals surface area (Å²) >= 11 is 23.4. The van der Waals surface area contributed by atoms with Gasteiger partial charge in [0.25, 0.3) is 0 Å². The maximum Gasteiger partial charge on any atom is 0.134 e. The van der Waals surface area contributed by atoms with Gasteiger partial charge in [0.05, 0.1) is 5.02 Å². The summed E-state index contributed by atoms with van der Waals surface area (Å²) in [7, 11) is 0. The maximum atomic E-state index is 9.22. The maximum absolute atomic E-state index is 9.22. The van der Waals surface area contributed by atoms with Gasteiger partial charge in [-0.1, -0.05) is 138 Å². The van der Waals surface area contributed by atoms with E-state index >= 15 is 0 Å². The Labute approximate surface area is 286 Å². The molecule has 0 amide bonds. The minimum atomic E-state index is 0.165. The van der Waals surface area contributed by atoms with Crippen LogP contribution >= 0.6 is 46.4 Å². The van der Waals surface area contributed by atoms with Crippen LogP contribution in [0.25, 0.3) is 0 Å². The first-order chi connectivity index (χ1) is 20.4. The third-order valence-electron chi connectivity index (χ3n) is 6.86. The molecule has 0 radical (unpaired) electrons. The number of rotatable bonds is 4. The second-order valence-electron chi connectivity index (χ2n) is 12.1. The average molecular weight is 679 g/mol. The summed E-state index contributed by atoms with van der Waals surface area (Å²) in [6, 6.07) is 22.7. The first-order valence-electron chi connectivity index (χ1n) is 14.9. The van der Waals surface area contributed by atoms with E-state index in [2.05, 4.69) is 66.7 Å². The summed E-state index contributed by atoms with van der Waals surface area (Å²) in [4.78, 5) is 0. The van der Waals surface area contributed by atoms with Gasteiger partial charge >= 0.3 is 0 Å². The van der Waals surface area contributed by atoms with E-state index in [0.717, 1.165) is 31.8 Å². The molecule has 2 nitrogen and oxygen atoms in total. The van der Waals surface area contributed by atoms with Crippen LogP contribution in [0.3, 0.4) is 0 Å². The molecule has 4 rings (SSSR count). The fourth-order valence-electron chi connectivity index (χ4n) is 4.00. The summed E-state index contributed by atoms with van der Waals surface area (Å²) in [6.07, 6.45) is 0. The van der Waals surface area contributed by atoms with E-state index in [0.29, 0.717) is 28.7 Å². The Morgan fingerprint density at radius 3 is 1.30 bits per heavy atom. The van der Waals surface area contributed by atoms with Gasteiger partial charge in [-0.05, 0) is 108 Å². The Bertz CT molecular complexity index is 1350. The molecular weight excluding hydrogens is 630 g/mol. The number of halogens is 4. The summed E-state index contributed by atoms with van der Waals surface area (Å²) < 4.78 is 0. The van der Waals surface area contributed by atoms with Crippen molar-refractivity contribution >= 4 is 46.4 Å². The van der Waals surface area contributed by atoms with Gasteiger partial charge in [-0.15, -0.1) is 0 Å². The molecule has 0 aromatic heterocycles. The number of hydrogen-bond donors (Lipinski definition) is 2. The Morgan fingerprint density at radius 2 is 0.886 bits per heavy atom. The first-order valence-corrected chi connectivity index (χ1v) is 16.4. The van der Waals surface area contributed by atoms with E-state index in [1.807, 2.05) is 45.0 Å². The summed E-state index contributed by atoms with van der Waals surface area (Å²) in [6.45, 7) is 21.0. The van der Waals surface area contributed by atoms with E-state index in [4.69, 9.17) is 51.5 Å². The molecule has 6 heteroatoms. The van der Waals surface area contributed by atoms with Crippen LogP contribution < -0.4 is 0 Å². The fraction of sp³-hybridized carbons (Fsp3) is 0.368. The highest BCUT2D eigenvalue weighted by Gasteiger charge is 2.06. The molecule has 4 aromatic rings. The van der Waals surface area contributed by atoms with Crippen molar-refractivity contribution in [2.45, 2.75) is 92.9 Å². The lowest BCUT2D eigenvalue weighted by Crippen LogP contribution is -1.89. The molecule has 4 aromatic carbocycles. The van der Waals surface area contributed by atoms with Crippen LogP contribution in [0.15, 0.2) is 72.8 Å². The van der Waals surface area contributed by atoms with Crippen molar-refractivity contribution in [1.29, 1.82) is 0 Å². The highest BCUT2D eigenvalue weighted by atomic mass is 35.5. The molecule has 0 fully saturated rings. The van der Waals surface area contributed by atoms with Crippen molar-refractivity contribution in [2.75, 3.05) is 0 Å². The molecule has 0 bridgehead atoms. The predicted octanol–water partition coefficient (Wildman–Crippen LogP) is 13.9. The second kappa shape index (κ2) is 19.2. The van der Waals surface area contributed by atoms with E-state index in [1.54, 1.807) is 30.3 Å². The lowest BCUT2D eigenvalue weighted by atomic mass is 10.0. The van der Waals surface area contributed by atoms with Gasteiger partial charge in [0.1, 0.15) is 11.5 Å². The molecule has 0 unspecified atom stereocenters. The Morgan fingerprint density at radius 1 is 0.455 bits per heavy atom. The summed E-state index contributed by atoms with van der Waals surface area (Å²) in [5.74, 6) is 2.33. The number of phenols is 2. The highest BCUT2D eigenvalue weighted by Crippen LogP contribution is 2.28. The molecular formula is C38H48Cl4O2. The zero-order valence-corrected chi connectivity index (χ0v) is 30.7. The lowest BCUT2D eigenvalue weighted by Gasteiger charge is -2.08. The highest BCUT2D eigenvalue weighted by molar-refractivity contribution is 6.32. The zero-order chi connectivity index (χ0) is 33.7. The van der Waals surface area contributed by atoms with E-state index in [1.165, 1.54) is 16.7 Å². The molecule has 0 heterocycles. The topological polar surface area (TPSA) is 40.5 Å². The van der Waals surface area contributed by atoms with Gasteiger partial charge in [-0.3, -0.25) is 0 Å². The van der Waals surface area contributed by atoms with E-state index in [-0.39, 0.29) is 11.5 Å². The van der Waals surface area contributed by atoms with Crippen molar-refractivity contribution in [1.82, 2.24) is 0 Å². The molecule has 44 heavy (non-hydrogen) atoms. The fourth-order valence-corrected chi connectivity index (χ4v) is 4.90. The summed E-state index contributed by atoms with van der Waals surface area (Å²) in [5, 5.41) is 21.2. The van der Waals surface area contributed by atoms with Gasteiger partial charge < -0.3 is 10.2 Å². The molecule has 0 spiro atoms. The third kappa shape index (κ3) is 13.7. The SMILES string of the molecule is CC(C)c1cc(O)ccc1Cl.CC(C)c1ccc(Cl)c(O)c1.Cc1cc(C(C)C)ccc1Cl.Cc1ccc(Cl)c(C(C)C)c1. The number of aryl methyl sites for hydroxylation is 2. The second-order valence-corrected chi connectivity index (χ2v) is 13.7. The Balaban J connectivity index is 0.000000293. The lowest BCUT2D eigenvalue weighted by molar-refractivity contribution is 0.473. The minimum absolute atomic E-state index is 0.165. The normalized spacial score (nSPS) is 10.6. The molecule has 0 aliphatic rings. The average Bonchev–Trinajstić information content (AvgIpc) is 2.95. The van der Waals surface area contributed by atoms with Crippen LogP contribution in [-0.4, -0.2) is 10.2 Å². The van der Waals surface area contributed by atoms with Crippen molar-refractivity contribution < 1.29 is 10.2 Å². The molecule has 0 aliphatic carbocycles. The molecule has 0 atom stereocenters. The predicted molar refractivity (Wildman–Crippen MR) is 195 cm³/mol. The van der Waals surface area contributed by atoms with Crippen molar-refractivity contribution in [2.24, 2.45) is 0 Å². The number of benzene rings is 4. The van der Waals surface area contributed by atoms with Gasteiger partial charge in [0.15, 0.2) is 0 Å². The number of hydrogen-bond acceptors (Lipinski definition) is 2. The molecule has 0 saturated heterocycles. The van der Waals surface area contributed by atoms with Crippen LogP contribution in [-0.2, 0) is 0 Å². The van der Waals surface area contributed by atoms with E-state index in [9.17, 15) is 5.11 Å². The largest absolute Gasteiger partial charge is 0.508 e. The van der Waals surface area contributed by atoms with Crippen LogP contribution in [0, 0.1) is 13.8 Å². The number of phenolic OH excluding ortho intramolecular Hbond substituents is 2. The van der Waals surface area contributed by atoms with Crippen LogP contribution in [0.5, 0.6) is 11.5 Å². The quantitative estimate of drug-likeness (QED) is 0.226. The van der Waals surface area contributed by atoms with Gasteiger partial charge in [0, 0.05) is 15.1 Å². The molecule has 0 saturated carbocycles. The van der Waals surface area contributed by atoms with Gasteiger partial charge in [0.2, 0.25) is 0 Å². The van der Waals surface area contributed by atoms with Crippen LogP contribution in [0.1, 0.15) is 112 Å². The zero-order valence-electron chi connectivity index (χ0n) is 27.6. The van der Waals surface area contributed by atoms with Gasteiger partial charge in [-0.25, -0.2) is 0 Å². The molecule has 0 aliphatic heterocycles. The minimum Gasteiger partial charge on any atom is -0.508 e. The Kier molecular flexibility index (Phi) is 17.3. The number of aromatic hydroxyl groups is 2. The monoisotopic (exact) mass is 676 g/mol. The Hall–Kier alpha value is -2.36. The van der Waals surface area contributed by atoms with Crippen molar-refractivity contribution in [3.8, 4) is 11.5 Å². The first kappa shape index (κ1) is 39.7.